The van der Waals surface area contributed by atoms with Gasteiger partial charge in [0, 0.05) is 5.56 Å². The molecule has 0 atom stereocenters. The number of esters is 1. The zero-order chi connectivity index (χ0) is 21.5. The highest BCUT2D eigenvalue weighted by Gasteiger charge is 2.31. The fraction of sp³-hybridized carbons (Fsp3) is 0.0833. The van der Waals surface area contributed by atoms with Crippen LogP contribution in [0.1, 0.15) is 31.8 Å². The quantitative estimate of drug-likeness (QED) is 0.349. The summed E-state index contributed by atoms with van der Waals surface area (Å²) < 4.78 is 35.2. The van der Waals surface area contributed by atoms with Gasteiger partial charge in [0.2, 0.25) is 12.6 Å². The predicted octanol–water partition coefficient (Wildman–Crippen LogP) is 4.70. The van der Waals surface area contributed by atoms with E-state index in [1.165, 1.54) is 24.3 Å². The molecule has 31 heavy (non-hydrogen) atoms. The van der Waals surface area contributed by atoms with Crippen LogP contribution in [0.15, 0.2) is 60.4 Å². The Bertz CT molecular complexity index is 1280. The van der Waals surface area contributed by atoms with Crippen molar-refractivity contribution in [2.45, 2.75) is 6.92 Å². The second kappa shape index (κ2) is 7.28. The van der Waals surface area contributed by atoms with E-state index in [9.17, 15) is 14.0 Å². The topological polar surface area (TPSA) is 71.1 Å². The lowest BCUT2D eigenvalue weighted by molar-refractivity contribution is 0.0732. The Balaban J connectivity index is 1.41. The number of carbonyl (C=O) groups excluding carboxylic acids is 2. The van der Waals surface area contributed by atoms with Gasteiger partial charge in [-0.3, -0.25) is 4.79 Å². The maximum absolute atomic E-state index is 13.4. The molecule has 0 saturated carbocycles. The summed E-state index contributed by atoms with van der Waals surface area (Å²) in [6.07, 6.45) is 1.61. The Morgan fingerprint density at radius 3 is 2.74 bits per heavy atom. The molecule has 3 aromatic carbocycles. The molecule has 0 amide bonds. The van der Waals surface area contributed by atoms with Crippen LogP contribution in [0, 0.1) is 12.7 Å². The standard InChI is InChI=1S/C24H15FO6/c1-13-18(31-24(27)15-3-2-4-16(25)11-15)8-6-17-22(26)21(30-23(13)17)10-14-5-7-19-20(9-14)29-12-28-19/h2-11H,12H2,1H3/b21-10-. The second-order valence-corrected chi connectivity index (χ2v) is 7.02. The van der Waals surface area contributed by atoms with Gasteiger partial charge in [0.05, 0.1) is 11.1 Å². The number of halogens is 1. The van der Waals surface area contributed by atoms with Crippen LogP contribution in [0.3, 0.4) is 0 Å². The van der Waals surface area contributed by atoms with Gasteiger partial charge in [-0.2, -0.15) is 0 Å². The number of ether oxygens (including phenoxy) is 4. The lowest BCUT2D eigenvalue weighted by atomic mass is 10.1. The second-order valence-electron chi connectivity index (χ2n) is 7.02. The average molecular weight is 418 g/mol. The summed E-state index contributed by atoms with van der Waals surface area (Å²) >= 11 is 0. The first-order valence-corrected chi connectivity index (χ1v) is 9.45. The van der Waals surface area contributed by atoms with Crippen molar-refractivity contribution in [1.29, 1.82) is 0 Å². The van der Waals surface area contributed by atoms with Gasteiger partial charge >= 0.3 is 5.97 Å². The first-order valence-electron chi connectivity index (χ1n) is 9.45. The summed E-state index contributed by atoms with van der Waals surface area (Å²) in [7, 11) is 0. The Labute approximate surface area is 176 Å². The third-order valence-corrected chi connectivity index (χ3v) is 4.99. The Kier molecular flexibility index (Phi) is 4.43. The molecule has 0 aromatic heterocycles. The fourth-order valence-corrected chi connectivity index (χ4v) is 3.41. The van der Waals surface area contributed by atoms with Crippen LogP contribution in [0.2, 0.25) is 0 Å². The normalized spacial score (nSPS) is 15.0. The first kappa shape index (κ1) is 18.9. The van der Waals surface area contributed by atoms with E-state index in [1.807, 2.05) is 0 Å². The maximum Gasteiger partial charge on any atom is 0.343 e. The highest BCUT2D eigenvalue weighted by molar-refractivity contribution is 6.15. The predicted molar refractivity (Wildman–Crippen MR) is 108 cm³/mol. The van der Waals surface area contributed by atoms with Gasteiger partial charge in [-0.25, -0.2) is 9.18 Å². The number of benzene rings is 3. The largest absolute Gasteiger partial charge is 0.454 e. The summed E-state index contributed by atoms with van der Waals surface area (Å²) in [6.45, 7) is 1.84. The molecule has 0 unspecified atom stereocenters. The highest BCUT2D eigenvalue weighted by Crippen LogP contribution is 2.40. The van der Waals surface area contributed by atoms with Gasteiger partial charge in [-0.1, -0.05) is 12.1 Å². The van der Waals surface area contributed by atoms with Gasteiger partial charge < -0.3 is 18.9 Å². The molecule has 0 saturated heterocycles. The van der Waals surface area contributed by atoms with Crippen LogP contribution in [0.4, 0.5) is 4.39 Å². The lowest BCUT2D eigenvalue weighted by Crippen LogP contribution is -2.09. The van der Waals surface area contributed by atoms with Gasteiger partial charge in [0.15, 0.2) is 17.3 Å². The van der Waals surface area contributed by atoms with Crippen LogP contribution in [-0.2, 0) is 0 Å². The van der Waals surface area contributed by atoms with Crippen molar-refractivity contribution < 1.29 is 32.9 Å². The molecule has 2 aliphatic heterocycles. The molecule has 0 aliphatic carbocycles. The molecule has 0 bridgehead atoms. The van der Waals surface area contributed by atoms with E-state index in [1.54, 1.807) is 37.3 Å². The molecule has 5 rings (SSSR count). The molecule has 0 spiro atoms. The van der Waals surface area contributed by atoms with E-state index in [4.69, 9.17) is 18.9 Å². The van der Waals surface area contributed by atoms with Crippen LogP contribution in [-0.4, -0.2) is 18.5 Å². The monoisotopic (exact) mass is 418 g/mol. The van der Waals surface area contributed by atoms with Gasteiger partial charge in [0.25, 0.3) is 0 Å². The smallest absolute Gasteiger partial charge is 0.343 e. The Hall–Kier alpha value is -4.13. The number of ketones is 1. The minimum Gasteiger partial charge on any atom is -0.454 e. The average Bonchev–Trinajstić information content (AvgIpc) is 3.35. The molecule has 2 aliphatic rings. The van der Waals surface area contributed by atoms with Gasteiger partial charge in [-0.05, 0) is 61.0 Å². The van der Waals surface area contributed by atoms with Crippen LogP contribution < -0.4 is 18.9 Å². The third-order valence-electron chi connectivity index (χ3n) is 4.99. The van der Waals surface area contributed by atoms with Crippen molar-refractivity contribution in [2.75, 3.05) is 6.79 Å². The van der Waals surface area contributed by atoms with Crippen molar-refractivity contribution in [3.63, 3.8) is 0 Å². The zero-order valence-corrected chi connectivity index (χ0v) is 16.3. The SMILES string of the molecule is Cc1c(OC(=O)c2cccc(F)c2)ccc2c1O/C(=C\c1ccc3c(c1)OCO3)C2=O. The van der Waals surface area contributed by atoms with Gasteiger partial charge in [-0.15, -0.1) is 0 Å². The summed E-state index contributed by atoms with van der Waals surface area (Å²) in [5.74, 6) is 0.413. The molecule has 154 valence electrons. The van der Waals surface area contributed by atoms with Crippen molar-refractivity contribution >= 4 is 17.8 Å². The van der Waals surface area contributed by atoms with E-state index in [2.05, 4.69) is 0 Å². The molecule has 7 heteroatoms. The van der Waals surface area contributed by atoms with E-state index in [0.717, 1.165) is 11.6 Å². The molecule has 0 radical (unpaired) electrons. The number of carbonyl (C=O) groups is 2. The fourth-order valence-electron chi connectivity index (χ4n) is 3.41. The minimum absolute atomic E-state index is 0.0836. The number of Topliss-reactive ketones (excluding diaryl/α,β-unsaturated/α-hetero) is 1. The molecule has 0 fully saturated rings. The van der Waals surface area contributed by atoms with E-state index < -0.39 is 11.8 Å². The first-order chi connectivity index (χ1) is 15.0. The summed E-state index contributed by atoms with van der Waals surface area (Å²) in [6, 6.07) is 13.6. The van der Waals surface area contributed by atoms with E-state index in [-0.39, 0.29) is 29.6 Å². The van der Waals surface area contributed by atoms with Gasteiger partial charge in [0.1, 0.15) is 17.3 Å². The van der Waals surface area contributed by atoms with E-state index >= 15 is 0 Å². The Morgan fingerprint density at radius 1 is 1.06 bits per heavy atom. The maximum atomic E-state index is 13.4. The van der Waals surface area contributed by atoms with Crippen molar-refractivity contribution in [3.8, 4) is 23.0 Å². The van der Waals surface area contributed by atoms with Crippen molar-refractivity contribution in [1.82, 2.24) is 0 Å². The molecular formula is C24H15FO6. The summed E-state index contributed by atoms with van der Waals surface area (Å²) in [5, 5.41) is 0. The molecule has 0 N–H and O–H groups in total. The minimum atomic E-state index is -0.706. The van der Waals surface area contributed by atoms with Crippen LogP contribution >= 0.6 is 0 Å². The molecule has 2 heterocycles. The van der Waals surface area contributed by atoms with Crippen LogP contribution in [0.25, 0.3) is 6.08 Å². The number of fused-ring (bicyclic) bond motifs is 2. The molecule has 6 nitrogen and oxygen atoms in total. The number of allylic oxidation sites excluding steroid dienone is 1. The molecule has 3 aromatic rings. The lowest BCUT2D eigenvalue weighted by Gasteiger charge is -2.10. The van der Waals surface area contributed by atoms with Crippen LogP contribution in [0.5, 0.6) is 23.0 Å². The Morgan fingerprint density at radius 2 is 1.90 bits per heavy atom. The third kappa shape index (κ3) is 3.40. The number of hydrogen-bond donors (Lipinski definition) is 0. The summed E-state index contributed by atoms with van der Waals surface area (Å²) in [4.78, 5) is 25.1. The highest BCUT2D eigenvalue weighted by atomic mass is 19.1. The molecular weight excluding hydrogens is 403 g/mol. The number of hydrogen-bond acceptors (Lipinski definition) is 6. The van der Waals surface area contributed by atoms with E-state index in [0.29, 0.717) is 28.4 Å². The number of rotatable bonds is 3. The summed E-state index contributed by atoms with van der Waals surface area (Å²) in [5.41, 5.74) is 1.66. The zero-order valence-electron chi connectivity index (χ0n) is 16.3. The van der Waals surface area contributed by atoms with Crippen molar-refractivity contribution in [3.05, 3.63) is 88.4 Å². The van der Waals surface area contributed by atoms with Crippen molar-refractivity contribution in [2.24, 2.45) is 0 Å².